The first kappa shape index (κ1) is 12.1. The number of sulfonamides is 1. The lowest BCUT2D eigenvalue weighted by atomic mass is 10.4. The zero-order chi connectivity index (χ0) is 12.5. The van der Waals surface area contributed by atoms with Crippen LogP contribution in [0.3, 0.4) is 0 Å². The average molecular weight is 259 g/mol. The third kappa shape index (κ3) is 2.50. The molecule has 0 amide bonds. The van der Waals surface area contributed by atoms with Gasteiger partial charge in [-0.2, -0.15) is 4.31 Å². The summed E-state index contributed by atoms with van der Waals surface area (Å²) in [5.74, 6) is 0.132. The minimum Gasteiger partial charge on any atom is -0.463 e. The molecule has 0 N–H and O–H groups in total. The van der Waals surface area contributed by atoms with Gasteiger partial charge >= 0.3 is 5.97 Å². The number of hydrogen-bond donors (Lipinski definition) is 0. The van der Waals surface area contributed by atoms with Gasteiger partial charge in [0.15, 0.2) is 0 Å². The van der Waals surface area contributed by atoms with Crippen LogP contribution in [0, 0.1) is 0 Å². The van der Waals surface area contributed by atoms with Gasteiger partial charge in [0, 0.05) is 6.54 Å². The first-order valence-corrected chi connectivity index (χ1v) is 6.79. The number of rotatable bonds is 3. The van der Waals surface area contributed by atoms with E-state index >= 15 is 0 Å². The van der Waals surface area contributed by atoms with Gasteiger partial charge in [0.2, 0.25) is 15.8 Å². The fourth-order valence-corrected chi connectivity index (χ4v) is 3.20. The van der Waals surface area contributed by atoms with E-state index in [0.717, 1.165) is 0 Å². The van der Waals surface area contributed by atoms with Crippen molar-refractivity contribution in [2.45, 2.75) is 13.0 Å². The van der Waals surface area contributed by atoms with Crippen molar-refractivity contribution in [2.24, 2.45) is 0 Å². The van der Waals surface area contributed by atoms with E-state index in [2.05, 4.69) is 4.74 Å². The van der Waals surface area contributed by atoms with Crippen LogP contribution in [-0.2, 0) is 21.3 Å². The molecule has 2 rings (SSSR count). The number of carbonyl (C=O) groups excluding carboxylic acids is 1. The Balaban J connectivity index is 2.10. The first-order valence-electron chi connectivity index (χ1n) is 5.18. The second kappa shape index (κ2) is 4.50. The number of carbonyl (C=O) groups is 1. The molecule has 2 heterocycles. The quantitative estimate of drug-likeness (QED) is 0.743. The van der Waals surface area contributed by atoms with Crippen LogP contribution in [0.15, 0.2) is 16.5 Å². The topological polar surface area (TPSA) is 76.8 Å². The molecule has 17 heavy (non-hydrogen) atoms. The fourth-order valence-electron chi connectivity index (χ4n) is 1.72. The van der Waals surface area contributed by atoms with Crippen LogP contribution >= 0.6 is 0 Å². The highest BCUT2D eigenvalue weighted by atomic mass is 32.2. The second-order valence-electron chi connectivity index (χ2n) is 3.76. The SMILES string of the molecule is COC(=O)c1ccc(CN2CCCS2(=O)=O)o1. The molecular weight excluding hydrogens is 246 g/mol. The molecule has 0 unspecified atom stereocenters. The number of hydrogen-bond acceptors (Lipinski definition) is 5. The summed E-state index contributed by atoms with van der Waals surface area (Å²) >= 11 is 0. The van der Waals surface area contributed by atoms with Gasteiger partial charge in [-0.05, 0) is 18.6 Å². The molecular formula is C10H13NO5S. The van der Waals surface area contributed by atoms with Crippen molar-refractivity contribution < 1.29 is 22.4 Å². The first-order chi connectivity index (χ1) is 8.03. The summed E-state index contributed by atoms with van der Waals surface area (Å²) < 4.78 is 34.2. The van der Waals surface area contributed by atoms with Crippen LogP contribution in [0.1, 0.15) is 22.7 Å². The molecule has 1 aromatic heterocycles. The molecule has 1 aromatic rings. The average Bonchev–Trinajstić information content (AvgIpc) is 2.86. The molecule has 0 aliphatic carbocycles. The highest BCUT2D eigenvalue weighted by Crippen LogP contribution is 2.18. The summed E-state index contributed by atoms with van der Waals surface area (Å²) in [6, 6.07) is 3.06. The molecule has 0 atom stereocenters. The van der Waals surface area contributed by atoms with Crippen LogP contribution in [0.4, 0.5) is 0 Å². The van der Waals surface area contributed by atoms with E-state index in [0.29, 0.717) is 18.7 Å². The summed E-state index contributed by atoms with van der Waals surface area (Å²) in [6.07, 6.45) is 0.632. The zero-order valence-electron chi connectivity index (χ0n) is 9.38. The Morgan fingerprint density at radius 1 is 1.53 bits per heavy atom. The molecule has 1 aliphatic rings. The number of esters is 1. The predicted octanol–water partition coefficient (Wildman–Crippen LogP) is 0.602. The van der Waals surface area contributed by atoms with Crippen LogP contribution in [0.25, 0.3) is 0 Å². The lowest BCUT2D eigenvalue weighted by Crippen LogP contribution is -2.24. The third-order valence-corrected chi connectivity index (χ3v) is 4.49. The smallest absolute Gasteiger partial charge is 0.373 e. The van der Waals surface area contributed by atoms with E-state index < -0.39 is 16.0 Å². The minimum atomic E-state index is -3.14. The maximum absolute atomic E-state index is 11.6. The van der Waals surface area contributed by atoms with Gasteiger partial charge in [-0.15, -0.1) is 0 Å². The Morgan fingerprint density at radius 2 is 2.29 bits per heavy atom. The molecule has 0 spiro atoms. The second-order valence-corrected chi connectivity index (χ2v) is 5.85. The highest BCUT2D eigenvalue weighted by Gasteiger charge is 2.29. The molecule has 0 aromatic carbocycles. The van der Waals surface area contributed by atoms with Gasteiger partial charge in [0.25, 0.3) is 0 Å². The van der Waals surface area contributed by atoms with Crippen LogP contribution in [0.5, 0.6) is 0 Å². The Kier molecular flexibility index (Phi) is 3.21. The fraction of sp³-hybridized carbons (Fsp3) is 0.500. The molecule has 1 saturated heterocycles. The number of nitrogens with zero attached hydrogens (tertiary/aromatic N) is 1. The third-order valence-electron chi connectivity index (χ3n) is 2.58. The van der Waals surface area contributed by atoms with E-state index in [4.69, 9.17) is 4.42 Å². The molecule has 0 radical (unpaired) electrons. The lowest BCUT2D eigenvalue weighted by molar-refractivity contribution is 0.0562. The molecule has 1 fully saturated rings. The Morgan fingerprint density at radius 3 is 2.88 bits per heavy atom. The summed E-state index contributed by atoms with van der Waals surface area (Å²) in [5.41, 5.74) is 0. The van der Waals surface area contributed by atoms with Crippen molar-refractivity contribution in [1.82, 2.24) is 4.31 Å². The maximum atomic E-state index is 11.6. The number of ether oxygens (including phenoxy) is 1. The van der Waals surface area contributed by atoms with Gasteiger partial charge < -0.3 is 9.15 Å². The molecule has 7 heteroatoms. The molecule has 0 saturated carbocycles. The molecule has 1 aliphatic heterocycles. The van der Waals surface area contributed by atoms with Gasteiger partial charge in [-0.25, -0.2) is 13.2 Å². The van der Waals surface area contributed by atoms with Crippen molar-refractivity contribution in [3.05, 3.63) is 23.7 Å². The van der Waals surface area contributed by atoms with E-state index in [-0.39, 0.29) is 18.1 Å². The molecule has 6 nitrogen and oxygen atoms in total. The van der Waals surface area contributed by atoms with Crippen LogP contribution in [0.2, 0.25) is 0 Å². The lowest BCUT2D eigenvalue weighted by Gasteiger charge is -2.11. The normalized spacial score (nSPS) is 19.4. The van der Waals surface area contributed by atoms with E-state index in [9.17, 15) is 13.2 Å². The molecule has 0 bridgehead atoms. The van der Waals surface area contributed by atoms with Gasteiger partial charge in [-0.1, -0.05) is 0 Å². The summed E-state index contributed by atoms with van der Waals surface area (Å²) in [5, 5.41) is 0. The zero-order valence-corrected chi connectivity index (χ0v) is 10.2. The largest absolute Gasteiger partial charge is 0.463 e. The monoisotopic (exact) mass is 259 g/mol. The minimum absolute atomic E-state index is 0.0825. The van der Waals surface area contributed by atoms with Gasteiger partial charge in [0.1, 0.15) is 5.76 Å². The van der Waals surface area contributed by atoms with Gasteiger partial charge in [0.05, 0.1) is 19.4 Å². The van der Waals surface area contributed by atoms with Crippen molar-refractivity contribution in [3.8, 4) is 0 Å². The molecule has 94 valence electrons. The number of furan rings is 1. The van der Waals surface area contributed by atoms with Crippen molar-refractivity contribution in [1.29, 1.82) is 0 Å². The van der Waals surface area contributed by atoms with Gasteiger partial charge in [-0.3, -0.25) is 0 Å². The predicted molar refractivity (Wildman–Crippen MR) is 58.9 cm³/mol. The van der Waals surface area contributed by atoms with Crippen molar-refractivity contribution in [2.75, 3.05) is 19.4 Å². The Bertz CT molecular complexity index is 519. The van der Waals surface area contributed by atoms with Crippen molar-refractivity contribution >= 4 is 16.0 Å². The van der Waals surface area contributed by atoms with Crippen LogP contribution < -0.4 is 0 Å². The van der Waals surface area contributed by atoms with E-state index in [1.165, 1.54) is 17.5 Å². The Labute approximate surface area is 99.2 Å². The summed E-state index contributed by atoms with van der Waals surface area (Å²) in [6.45, 7) is 0.663. The van der Waals surface area contributed by atoms with E-state index in [1.807, 2.05) is 0 Å². The summed E-state index contributed by atoms with van der Waals surface area (Å²) in [4.78, 5) is 11.1. The van der Waals surface area contributed by atoms with Crippen molar-refractivity contribution in [3.63, 3.8) is 0 Å². The Hall–Kier alpha value is -1.34. The maximum Gasteiger partial charge on any atom is 0.373 e. The summed E-state index contributed by atoms with van der Waals surface area (Å²) in [7, 11) is -1.89. The van der Waals surface area contributed by atoms with E-state index in [1.54, 1.807) is 6.07 Å². The number of methoxy groups -OCH3 is 1. The van der Waals surface area contributed by atoms with Crippen LogP contribution in [-0.4, -0.2) is 38.1 Å². The highest BCUT2D eigenvalue weighted by molar-refractivity contribution is 7.89. The standard InChI is InChI=1S/C10H13NO5S/c1-15-10(12)9-4-3-8(16-9)7-11-5-2-6-17(11,13)14/h3-4H,2,5-7H2,1H3.